The number of nitro groups is 1. The summed E-state index contributed by atoms with van der Waals surface area (Å²) in [4.78, 5) is 24.4. The molecule has 0 spiro atoms. The predicted octanol–water partition coefficient (Wildman–Crippen LogP) is 0.737. The van der Waals surface area contributed by atoms with Crippen molar-refractivity contribution in [2.75, 3.05) is 44.3 Å². The van der Waals surface area contributed by atoms with E-state index in [4.69, 9.17) is 0 Å². The molecule has 0 atom stereocenters. The molecule has 1 amide bonds. The third-order valence-corrected chi connectivity index (χ3v) is 4.59. The Morgan fingerprint density at radius 3 is 2.48 bits per heavy atom. The van der Waals surface area contributed by atoms with Crippen molar-refractivity contribution in [2.24, 2.45) is 0 Å². The zero-order chi connectivity index (χ0) is 19.2. The van der Waals surface area contributed by atoms with E-state index in [0.717, 1.165) is 29.6 Å². The van der Waals surface area contributed by atoms with Gasteiger partial charge in [-0.15, -0.1) is 0 Å². The second-order valence-electron chi connectivity index (χ2n) is 6.00. The zero-order valence-corrected chi connectivity index (χ0v) is 15.7. The fourth-order valence-corrected chi connectivity index (χ4v) is 3.08. The van der Waals surface area contributed by atoms with E-state index in [9.17, 15) is 23.3 Å². The molecular weight excluding hydrogens is 348 g/mol. The first-order valence-corrected chi connectivity index (χ1v) is 9.51. The minimum Gasteiger partial charge on any atom is -0.354 e. The molecule has 0 radical (unpaired) electrons. The van der Waals surface area contributed by atoms with Gasteiger partial charge in [0.05, 0.1) is 16.9 Å². The van der Waals surface area contributed by atoms with Gasteiger partial charge in [0, 0.05) is 18.7 Å². The van der Waals surface area contributed by atoms with Gasteiger partial charge >= 0.3 is 0 Å². The number of aryl methyl sites for hydroxylation is 1. The number of rotatable bonds is 9. The summed E-state index contributed by atoms with van der Waals surface area (Å²) in [6, 6.07) is 3.91. The number of hydrogen-bond donors (Lipinski definition) is 1. The van der Waals surface area contributed by atoms with Crippen molar-refractivity contribution in [3.63, 3.8) is 0 Å². The first-order valence-electron chi connectivity index (χ1n) is 7.66. The first-order chi connectivity index (χ1) is 11.5. The van der Waals surface area contributed by atoms with Crippen LogP contribution in [-0.4, -0.2) is 64.1 Å². The smallest absolute Gasteiger partial charge is 0.271 e. The molecule has 0 saturated heterocycles. The summed E-state index contributed by atoms with van der Waals surface area (Å²) >= 11 is 0. The number of hydrogen-bond acceptors (Lipinski definition) is 6. The lowest BCUT2D eigenvalue weighted by molar-refractivity contribution is -0.384. The van der Waals surface area contributed by atoms with E-state index in [-0.39, 0.29) is 11.4 Å². The summed E-state index contributed by atoms with van der Waals surface area (Å²) in [5.74, 6) is -0.463. The molecule has 0 aliphatic heterocycles. The molecule has 25 heavy (non-hydrogen) atoms. The molecule has 1 rings (SSSR count). The third-order valence-electron chi connectivity index (χ3n) is 3.46. The molecule has 140 valence electrons. The number of nitro benzene ring substituents is 1. The fourth-order valence-electron chi connectivity index (χ4n) is 2.17. The maximum Gasteiger partial charge on any atom is 0.271 e. The van der Waals surface area contributed by atoms with E-state index in [1.54, 1.807) is 6.92 Å². The molecule has 0 bridgehead atoms. The maximum absolute atomic E-state index is 12.1. The average molecular weight is 372 g/mol. The normalized spacial score (nSPS) is 11.4. The van der Waals surface area contributed by atoms with E-state index in [0.29, 0.717) is 12.1 Å². The summed E-state index contributed by atoms with van der Waals surface area (Å²) in [6.45, 7) is 2.41. The van der Waals surface area contributed by atoms with E-state index in [2.05, 4.69) is 5.32 Å². The fraction of sp³-hybridized carbons (Fsp3) is 0.533. The van der Waals surface area contributed by atoms with Gasteiger partial charge in [-0.25, -0.2) is 8.42 Å². The number of anilines is 1. The van der Waals surface area contributed by atoms with Crippen molar-refractivity contribution in [2.45, 2.75) is 13.3 Å². The number of non-ortho nitro benzene ring substituents is 1. The van der Waals surface area contributed by atoms with Crippen LogP contribution in [0.3, 0.4) is 0 Å². The standard InChI is InChI=1S/C15H24N4O5S/c1-12-6-7-13(19(21)22)10-14(12)18(25(4,23)24)11-15(20)16-8-5-9-17(2)3/h6-7,10H,5,8-9,11H2,1-4H3,(H,16,20). The highest BCUT2D eigenvalue weighted by molar-refractivity contribution is 7.92. The number of nitrogens with zero attached hydrogens (tertiary/aromatic N) is 3. The van der Waals surface area contributed by atoms with Crippen LogP contribution in [0.4, 0.5) is 11.4 Å². The minimum atomic E-state index is -3.78. The Hall–Kier alpha value is -2.20. The summed E-state index contributed by atoms with van der Waals surface area (Å²) in [5.41, 5.74) is 0.414. The van der Waals surface area contributed by atoms with Crippen molar-refractivity contribution < 1.29 is 18.1 Å². The molecule has 0 aliphatic carbocycles. The summed E-state index contributed by atoms with van der Waals surface area (Å²) in [7, 11) is 0.0496. The topological polar surface area (TPSA) is 113 Å². The van der Waals surface area contributed by atoms with Crippen LogP contribution in [0.15, 0.2) is 18.2 Å². The van der Waals surface area contributed by atoms with Crippen LogP contribution < -0.4 is 9.62 Å². The van der Waals surface area contributed by atoms with Gasteiger partial charge in [-0.05, 0) is 39.5 Å². The van der Waals surface area contributed by atoms with Gasteiger partial charge in [-0.2, -0.15) is 0 Å². The number of amides is 1. The Morgan fingerprint density at radius 1 is 1.32 bits per heavy atom. The third kappa shape index (κ3) is 6.67. The summed E-state index contributed by atoms with van der Waals surface area (Å²) in [5, 5.41) is 13.6. The van der Waals surface area contributed by atoms with E-state index in [1.165, 1.54) is 12.1 Å². The highest BCUT2D eigenvalue weighted by atomic mass is 32.2. The van der Waals surface area contributed by atoms with Crippen LogP contribution in [0.1, 0.15) is 12.0 Å². The molecule has 1 aromatic rings. The molecule has 0 saturated carbocycles. The Bertz CT molecular complexity index is 733. The lowest BCUT2D eigenvalue weighted by atomic mass is 10.2. The van der Waals surface area contributed by atoms with Gasteiger partial charge in [0.2, 0.25) is 15.9 Å². The van der Waals surface area contributed by atoms with Gasteiger partial charge in [0.25, 0.3) is 5.69 Å². The van der Waals surface area contributed by atoms with Crippen LogP contribution in [-0.2, 0) is 14.8 Å². The van der Waals surface area contributed by atoms with E-state index >= 15 is 0 Å². The molecule has 10 heteroatoms. The number of sulfonamides is 1. The highest BCUT2D eigenvalue weighted by Gasteiger charge is 2.24. The SMILES string of the molecule is Cc1ccc([N+](=O)[O-])cc1N(CC(=O)NCCCN(C)C)S(C)(=O)=O. The van der Waals surface area contributed by atoms with Crippen molar-refractivity contribution in [3.8, 4) is 0 Å². The minimum absolute atomic E-state index is 0.125. The van der Waals surface area contributed by atoms with Crippen LogP contribution in [0.2, 0.25) is 0 Å². The monoisotopic (exact) mass is 372 g/mol. The van der Waals surface area contributed by atoms with E-state index in [1.807, 2.05) is 19.0 Å². The quantitative estimate of drug-likeness (QED) is 0.389. The molecule has 0 unspecified atom stereocenters. The zero-order valence-electron chi connectivity index (χ0n) is 14.9. The molecular formula is C15H24N4O5S. The number of carbonyl (C=O) groups is 1. The largest absolute Gasteiger partial charge is 0.354 e. The Morgan fingerprint density at radius 2 is 1.96 bits per heavy atom. The van der Waals surface area contributed by atoms with Gasteiger partial charge in [0.1, 0.15) is 6.54 Å². The molecule has 9 nitrogen and oxygen atoms in total. The molecule has 0 heterocycles. The van der Waals surface area contributed by atoms with Crippen molar-refractivity contribution >= 4 is 27.3 Å². The van der Waals surface area contributed by atoms with Gasteiger partial charge < -0.3 is 10.2 Å². The number of benzene rings is 1. The number of carbonyl (C=O) groups excluding carboxylic acids is 1. The summed E-state index contributed by atoms with van der Waals surface area (Å²) < 4.78 is 25.1. The van der Waals surface area contributed by atoms with Crippen LogP contribution in [0.25, 0.3) is 0 Å². The Balaban J connectivity index is 2.95. The van der Waals surface area contributed by atoms with Crippen LogP contribution in [0, 0.1) is 17.0 Å². The van der Waals surface area contributed by atoms with Gasteiger partial charge in [0.15, 0.2) is 0 Å². The van der Waals surface area contributed by atoms with Crippen molar-refractivity contribution in [1.29, 1.82) is 0 Å². The van der Waals surface area contributed by atoms with E-state index < -0.39 is 27.4 Å². The first kappa shape index (κ1) is 20.8. The van der Waals surface area contributed by atoms with Crippen molar-refractivity contribution in [3.05, 3.63) is 33.9 Å². The Kier molecular flexibility index (Phi) is 7.31. The molecule has 1 N–H and O–H groups in total. The predicted molar refractivity (Wildman–Crippen MR) is 96.2 cm³/mol. The molecule has 0 fully saturated rings. The second-order valence-corrected chi connectivity index (χ2v) is 7.91. The average Bonchev–Trinajstić information content (AvgIpc) is 2.48. The number of nitrogens with one attached hydrogen (secondary N) is 1. The Labute approximate surface area is 147 Å². The summed E-state index contributed by atoms with van der Waals surface area (Å²) in [6.07, 6.45) is 1.69. The van der Waals surface area contributed by atoms with Gasteiger partial charge in [-0.1, -0.05) is 6.07 Å². The maximum atomic E-state index is 12.1. The lowest BCUT2D eigenvalue weighted by Crippen LogP contribution is -2.41. The lowest BCUT2D eigenvalue weighted by Gasteiger charge is -2.23. The van der Waals surface area contributed by atoms with Crippen molar-refractivity contribution in [1.82, 2.24) is 10.2 Å². The van der Waals surface area contributed by atoms with Crippen LogP contribution >= 0.6 is 0 Å². The molecule has 1 aromatic carbocycles. The molecule has 0 aromatic heterocycles. The highest BCUT2D eigenvalue weighted by Crippen LogP contribution is 2.27. The second kappa shape index (κ2) is 8.77. The van der Waals surface area contributed by atoms with Crippen LogP contribution in [0.5, 0.6) is 0 Å². The van der Waals surface area contributed by atoms with Gasteiger partial charge in [-0.3, -0.25) is 19.2 Å². The molecule has 0 aliphatic rings.